The van der Waals surface area contributed by atoms with Gasteiger partial charge in [0.25, 0.3) is 0 Å². The fourth-order valence-electron chi connectivity index (χ4n) is 3.95. The number of carbonyl (C=O) groups excluding carboxylic acids is 3. The van der Waals surface area contributed by atoms with Crippen molar-refractivity contribution in [3.63, 3.8) is 0 Å². The Morgan fingerprint density at radius 2 is 1.54 bits per heavy atom. The van der Waals surface area contributed by atoms with Crippen LogP contribution < -0.4 is 0 Å². The summed E-state index contributed by atoms with van der Waals surface area (Å²) >= 11 is 0. The Bertz CT molecular complexity index is 1290. The first-order valence-electron chi connectivity index (χ1n) is 11.1. The first kappa shape index (κ1) is 24.0. The monoisotopic (exact) mass is 477 g/mol. The molecule has 0 bridgehead atoms. The molecule has 0 saturated carbocycles. The second-order valence-electron chi connectivity index (χ2n) is 9.12. The maximum absolute atomic E-state index is 12.8. The molecule has 2 heterocycles. The molecule has 0 atom stereocenters. The summed E-state index contributed by atoms with van der Waals surface area (Å²) in [4.78, 5) is 39.8. The van der Waals surface area contributed by atoms with Gasteiger partial charge in [-0.2, -0.15) is 5.10 Å². The van der Waals surface area contributed by atoms with Crippen molar-refractivity contribution in [1.82, 2.24) is 14.7 Å². The van der Waals surface area contributed by atoms with Crippen molar-refractivity contribution in [2.75, 3.05) is 14.2 Å². The minimum atomic E-state index is -0.717. The van der Waals surface area contributed by atoms with Gasteiger partial charge < -0.3 is 14.2 Å². The van der Waals surface area contributed by atoms with Crippen molar-refractivity contribution in [2.45, 2.75) is 39.5 Å². The molecule has 0 saturated heterocycles. The zero-order valence-corrected chi connectivity index (χ0v) is 20.3. The molecule has 9 nitrogen and oxygen atoms in total. The Kier molecular flexibility index (Phi) is 6.34. The number of nitrogens with zero attached hydrogens (tertiary/aromatic N) is 3. The number of ether oxygens (including phenoxy) is 3. The van der Waals surface area contributed by atoms with Gasteiger partial charge in [0.1, 0.15) is 16.9 Å². The van der Waals surface area contributed by atoms with Crippen LogP contribution in [0.1, 0.15) is 52.7 Å². The van der Waals surface area contributed by atoms with Crippen LogP contribution in [-0.2, 0) is 27.3 Å². The van der Waals surface area contributed by atoms with Gasteiger partial charge in [-0.1, -0.05) is 30.3 Å². The van der Waals surface area contributed by atoms with E-state index >= 15 is 0 Å². The van der Waals surface area contributed by atoms with Gasteiger partial charge >= 0.3 is 18.0 Å². The van der Waals surface area contributed by atoms with Crippen LogP contribution in [0.3, 0.4) is 0 Å². The van der Waals surface area contributed by atoms with Crippen LogP contribution >= 0.6 is 0 Å². The summed E-state index contributed by atoms with van der Waals surface area (Å²) in [5.74, 6) is -1.43. The highest BCUT2D eigenvalue weighted by molar-refractivity contribution is 6.06. The van der Waals surface area contributed by atoms with Gasteiger partial charge in [-0.05, 0) is 50.1 Å². The summed E-state index contributed by atoms with van der Waals surface area (Å²) in [6.07, 6.45) is -0.396. The first-order chi connectivity index (χ1) is 16.6. The molecule has 0 spiro atoms. The highest BCUT2D eigenvalue weighted by Gasteiger charge is 2.33. The predicted octanol–water partition coefficient (Wildman–Crippen LogP) is 4.36. The smallest absolute Gasteiger partial charge is 0.410 e. The van der Waals surface area contributed by atoms with Crippen LogP contribution in [0.2, 0.25) is 0 Å². The molecule has 4 rings (SSSR count). The maximum atomic E-state index is 12.8. The second-order valence-corrected chi connectivity index (χ2v) is 9.12. The Labute approximate surface area is 203 Å². The standard InChI is InChI=1S/C26H27N3O6/c1-26(2,3)35-25(32)28-14-17-12-11-16(13-18(17)15-28)21-20(23(30)33-4)22(24(31)34-5)29(27-21)19-9-7-6-8-10-19/h6-13H,14-15H2,1-5H3. The fourth-order valence-corrected chi connectivity index (χ4v) is 3.95. The van der Waals surface area contributed by atoms with E-state index in [0.717, 1.165) is 11.1 Å². The van der Waals surface area contributed by atoms with E-state index in [4.69, 9.17) is 14.2 Å². The summed E-state index contributed by atoms with van der Waals surface area (Å²) in [6, 6.07) is 14.5. The highest BCUT2D eigenvalue weighted by Crippen LogP contribution is 2.33. The van der Waals surface area contributed by atoms with E-state index in [0.29, 0.717) is 24.3 Å². The minimum Gasteiger partial charge on any atom is -0.465 e. The summed E-state index contributed by atoms with van der Waals surface area (Å²) in [6.45, 7) is 6.24. The lowest BCUT2D eigenvalue weighted by atomic mass is 10.0. The summed E-state index contributed by atoms with van der Waals surface area (Å²) < 4.78 is 16.9. The lowest BCUT2D eigenvalue weighted by Gasteiger charge is -2.24. The molecule has 0 aliphatic carbocycles. The van der Waals surface area contributed by atoms with Crippen molar-refractivity contribution < 1.29 is 28.6 Å². The van der Waals surface area contributed by atoms with E-state index in [9.17, 15) is 14.4 Å². The third-order valence-corrected chi connectivity index (χ3v) is 5.51. The Hall–Kier alpha value is -4.14. The Balaban J connectivity index is 1.80. The van der Waals surface area contributed by atoms with Crippen molar-refractivity contribution >= 4 is 18.0 Å². The van der Waals surface area contributed by atoms with Crippen LogP contribution in [0.25, 0.3) is 16.9 Å². The number of para-hydroxylation sites is 1. The minimum absolute atomic E-state index is 0.00477. The average Bonchev–Trinajstić information content (AvgIpc) is 3.44. The molecule has 2 aromatic carbocycles. The molecule has 1 amide bonds. The quantitative estimate of drug-likeness (QED) is 0.406. The Morgan fingerprint density at radius 3 is 2.17 bits per heavy atom. The molecule has 1 aliphatic rings. The summed E-state index contributed by atoms with van der Waals surface area (Å²) in [5.41, 5.74) is 2.71. The van der Waals surface area contributed by atoms with Crippen LogP contribution in [0, 0.1) is 0 Å². The molecular weight excluding hydrogens is 450 g/mol. The van der Waals surface area contributed by atoms with Gasteiger partial charge in [-0.3, -0.25) is 4.90 Å². The number of rotatable bonds is 4. The van der Waals surface area contributed by atoms with E-state index in [1.807, 2.05) is 45.0 Å². The van der Waals surface area contributed by atoms with Crippen molar-refractivity contribution in [1.29, 1.82) is 0 Å². The van der Waals surface area contributed by atoms with Gasteiger partial charge in [0.2, 0.25) is 0 Å². The van der Waals surface area contributed by atoms with Crippen molar-refractivity contribution in [2.24, 2.45) is 0 Å². The van der Waals surface area contributed by atoms with E-state index in [-0.39, 0.29) is 17.0 Å². The number of fused-ring (bicyclic) bond motifs is 1. The number of benzene rings is 2. The molecule has 1 aromatic heterocycles. The number of aromatic nitrogens is 2. The molecular formula is C26H27N3O6. The van der Waals surface area contributed by atoms with E-state index < -0.39 is 23.6 Å². The molecule has 0 fully saturated rings. The maximum Gasteiger partial charge on any atom is 0.410 e. The molecule has 0 N–H and O–H groups in total. The first-order valence-corrected chi connectivity index (χ1v) is 11.1. The summed E-state index contributed by atoms with van der Waals surface area (Å²) in [5, 5.41) is 4.63. The van der Waals surface area contributed by atoms with Gasteiger partial charge in [-0.15, -0.1) is 0 Å². The molecule has 0 unspecified atom stereocenters. The zero-order chi connectivity index (χ0) is 25.3. The van der Waals surface area contributed by atoms with E-state index in [1.165, 1.54) is 18.9 Å². The largest absolute Gasteiger partial charge is 0.465 e. The normalized spacial score (nSPS) is 12.8. The van der Waals surface area contributed by atoms with Gasteiger partial charge in [0.15, 0.2) is 5.69 Å². The molecule has 3 aromatic rings. The van der Waals surface area contributed by atoms with Gasteiger partial charge in [-0.25, -0.2) is 19.1 Å². The summed E-state index contributed by atoms with van der Waals surface area (Å²) in [7, 11) is 2.49. The lowest BCUT2D eigenvalue weighted by Crippen LogP contribution is -2.33. The third kappa shape index (κ3) is 4.75. The van der Waals surface area contributed by atoms with Crippen LogP contribution in [-0.4, -0.2) is 52.5 Å². The van der Waals surface area contributed by atoms with Crippen LogP contribution in [0.4, 0.5) is 4.79 Å². The Morgan fingerprint density at radius 1 is 0.886 bits per heavy atom. The zero-order valence-electron chi connectivity index (χ0n) is 20.3. The topological polar surface area (TPSA) is 100.0 Å². The molecule has 0 radical (unpaired) electrons. The molecule has 182 valence electrons. The predicted molar refractivity (Wildman–Crippen MR) is 127 cm³/mol. The van der Waals surface area contributed by atoms with Crippen molar-refractivity contribution in [3.8, 4) is 16.9 Å². The van der Waals surface area contributed by atoms with Gasteiger partial charge in [0.05, 0.1) is 19.9 Å². The number of hydrogen-bond acceptors (Lipinski definition) is 7. The number of amides is 1. The molecule has 35 heavy (non-hydrogen) atoms. The number of esters is 2. The third-order valence-electron chi connectivity index (χ3n) is 5.51. The van der Waals surface area contributed by atoms with Crippen LogP contribution in [0.15, 0.2) is 48.5 Å². The SMILES string of the molecule is COC(=O)c1c(-c2ccc3c(c2)CN(C(=O)OC(C)(C)C)C3)nn(-c2ccccc2)c1C(=O)OC. The number of hydrogen-bond donors (Lipinski definition) is 0. The van der Waals surface area contributed by atoms with Crippen molar-refractivity contribution in [3.05, 3.63) is 70.9 Å². The van der Waals surface area contributed by atoms with E-state index in [1.54, 1.807) is 29.2 Å². The second kappa shape index (κ2) is 9.25. The number of carbonyl (C=O) groups is 3. The highest BCUT2D eigenvalue weighted by atomic mass is 16.6. The van der Waals surface area contributed by atoms with Gasteiger partial charge in [0, 0.05) is 18.7 Å². The number of methoxy groups -OCH3 is 2. The molecule has 9 heteroatoms. The van der Waals surface area contributed by atoms with E-state index in [2.05, 4.69) is 5.10 Å². The average molecular weight is 478 g/mol. The fraction of sp³-hybridized carbons (Fsp3) is 0.308. The van der Waals surface area contributed by atoms with Crippen LogP contribution in [0.5, 0.6) is 0 Å². The molecule has 1 aliphatic heterocycles. The lowest BCUT2D eigenvalue weighted by molar-refractivity contribution is 0.0241.